The maximum Gasteiger partial charge on any atom is 0.328 e. The fraction of sp³-hybridized carbons (Fsp3) is 0.417. The average Bonchev–Trinajstić information content (AvgIpc) is 2.28. The van der Waals surface area contributed by atoms with Gasteiger partial charge in [0.1, 0.15) is 6.04 Å². The number of aliphatic hydroxyl groups excluding tert-OH is 1. The molecule has 2 N–H and O–H groups in total. The summed E-state index contributed by atoms with van der Waals surface area (Å²) in [5.41, 5.74) is 1.45. The van der Waals surface area contributed by atoms with E-state index in [1.165, 1.54) is 0 Å². The van der Waals surface area contributed by atoms with Gasteiger partial charge < -0.3 is 15.2 Å². The van der Waals surface area contributed by atoms with E-state index in [9.17, 15) is 9.90 Å². The van der Waals surface area contributed by atoms with Crippen LogP contribution in [0.2, 0.25) is 5.02 Å². The van der Waals surface area contributed by atoms with Crippen LogP contribution < -0.4 is 5.32 Å². The number of fused-ring (bicyclic) bond motifs is 1. The Morgan fingerprint density at radius 2 is 2.41 bits per heavy atom. The molecule has 0 spiro atoms. The zero-order chi connectivity index (χ0) is 12.4. The van der Waals surface area contributed by atoms with Gasteiger partial charge in [-0.15, -0.1) is 0 Å². The molecular formula is C12H14ClNO3. The number of carbonyl (C=O) groups is 1. The monoisotopic (exact) mass is 255 g/mol. The van der Waals surface area contributed by atoms with Crippen molar-refractivity contribution in [3.8, 4) is 0 Å². The number of halogens is 1. The lowest BCUT2D eigenvalue weighted by molar-refractivity contribution is -0.145. The third kappa shape index (κ3) is 2.53. The van der Waals surface area contributed by atoms with Gasteiger partial charge in [0, 0.05) is 22.7 Å². The zero-order valence-corrected chi connectivity index (χ0v) is 10.2. The molecule has 4 nitrogen and oxygen atoms in total. The number of hydrogen-bond donors (Lipinski definition) is 2. The van der Waals surface area contributed by atoms with Gasteiger partial charge in [0.15, 0.2) is 0 Å². The lowest BCUT2D eigenvalue weighted by atomic mass is 9.95. The Morgan fingerprint density at radius 3 is 3.12 bits per heavy atom. The number of ether oxygens (including phenoxy) is 1. The highest BCUT2D eigenvalue weighted by Crippen LogP contribution is 2.34. The van der Waals surface area contributed by atoms with E-state index >= 15 is 0 Å². The van der Waals surface area contributed by atoms with Crippen LogP contribution in [-0.2, 0) is 9.53 Å². The van der Waals surface area contributed by atoms with Crippen molar-refractivity contribution >= 4 is 23.3 Å². The molecule has 0 bridgehead atoms. The first-order valence-corrected chi connectivity index (χ1v) is 5.90. The standard InChI is InChI=1S/C12H14ClNO3/c1-2-17-12(16)10-6-11(15)8-4-3-7(13)5-9(8)14-10/h3-5,10-11,14-15H,2,6H2,1H3/t10-,11-/m0/s1. The van der Waals surface area contributed by atoms with Crippen LogP contribution in [0.15, 0.2) is 18.2 Å². The molecule has 1 heterocycles. The average molecular weight is 256 g/mol. The Labute approximate surface area is 105 Å². The van der Waals surface area contributed by atoms with Crippen molar-refractivity contribution in [2.45, 2.75) is 25.5 Å². The van der Waals surface area contributed by atoms with Gasteiger partial charge in [-0.25, -0.2) is 4.79 Å². The molecule has 0 unspecified atom stereocenters. The molecular weight excluding hydrogens is 242 g/mol. The molecule has 92 valence electrons. The smallest absolute Gasteiger partial charge is 0.328 e. The van der Waals surface area contributed by atoms with E-state index < -0.39 is 12.1 Å². The van der Waals surface area contributed by atoms with E-state index in [0.29, 0.717) is 23.7 Å². The highest BCUT2D eigenvalue weighted by molar-refractivity contribution is 6.30. The fourth-order valence-corrected chi connectivity index (χ4v) is 2.11. The van der Waals surface area contributed by atoms with Gasteiger partial charge in [-0.1, -0.05) is 17.7 Å². The van der Waals surface area contributed by atoms with Crippen LogP contribution >= 0.6 is 11.6 Å². The molecule has 1 aromatic rings. The molecule has 1 aromatic carbocycles. The normalized spacial score (nSPS) is 22.5. The zero-order valence-electron chi connectivity index (χ0n) is 9.44. The van der Waals surface area contributed by atoms with Crippen molar-refractivity contribution in [1.29, 1.82) is 0 Å². The summed E-state index contributed by atoms with van der Waals surface area (Å²) in [6.45, 7) is 2.08. The minimum absolute atomic E-state index is 0.313. The molecule has 0 saturated carbocycles. The maximum atomic E-state index is 11.6. The lowest BCUT2D eigenvalue weighted by Crippen LogP contribution is -2.36. The van der Waals surface area contributed by atoms with Gasteiger partial charge in [-0.3, -0.25) is 0 Å². The van der Waals surface area contributed by atoms with Crippen LogP contribution in [0, 0.1) is 0 Å². The largest absolute Gasteiger partial charge is 0.464 e. The van der Waals surface area contributed by atoms with E-state index in [2.05, 4.69) is 5.32 Å². The van der Waals surface area contributed by atoms with Gasteiger partial charge >= 0.3 is 5.97 Å². The Kier molecular flexibility index (Phi) is 3.54. The second-order valence-electron chi connectivity index (χ2n) is 3.93. The van der Waals surface area contributed by atoms with Gasteiger partial charge in [0.2, 0.25) is 0 Å². The number of carbonyl (C=O) groups excluding carboxylic acids is 1. The van der Waals surface area contributed by atoms with Crippen molar-refractivity contribution in [3.05, 3.63) is 28.8 Å². The van der Waals surface area contributed by atoms with Crippen LogP contribution in [0.4, 0.5) is 5.69 Å². The van der Waals surface area contributed by atoms with Crippen molar-refractivity contribution in [2.75, 3.05) is 11.9 Å². The van der Waals surface area contributed by atoms with Gasteiger partial charge in [-0.2, -0.15) is 0 Å². The van der Waals surface area contributed by atoms with Gasteiger partial charge in [0.25, 0.3) is 0 Å². The van der Waals surface area contributed by atoms with E-state index in [1.807, 2.05) is 0 Å². The first-order chi connectivity index (χ1) is 8.11. The van der Waals surface area contributed by atoms with Crippen LogP contribution in [0.3, 0.4) is 0 Å². The summed E-state index contributed by atoms with van der Waals surface area (Å²) in [4.78, 5) is 11.6. The molecule has 0 saturated heterocycles. The Bertz CT molecular complexity index is 436. The molecule has 5 heteroatoms. The van der Waals surface area contributed by atoms with Crippen LogP contribution in [0.5, 0.6) is 0 Å². The molecule has 0 aliphatic carbocycles. The molecule has 0 aromatic heterocycles. The Morgan fingerprint density at radius 1 is 1.65 bits per heavy atom. The summed E-state index contributed by atoms with van der Waals surface area (Å²) >= 11 is 5.88. The lowest BCUT2D eigenvalue weighted by Gasteiger charge is -2.29. The molecule has 0 fully saturated rings. The summed E-state index contributed by atoms with van der Waals surface area (Å²) < 4.78 is 4.93. The van der Waals surface area contributed by atoms with E-state index in [4.69, 9.17) is 16.3 Å². The highest BCUT2D eigenvalue weighted by Gasteiger charge is 2.30. The summed E-state index contributed by atoms with van der Waals surface area (Å²) in [6, 6.07) is 4.66. The van der Waals surface area contributed by atoms with E-state index in [0.717, 1.165) is 5.56 Å². The van der Waals surface area contributed by atoms with E-state index in [-0.39, 0.29) is 5.97 Å². The topological polar surface area (TPSA) is 58.6 Å². The number of nitrogens with one attached hydrogen (secondary N) is 1. The summed E-state index contributed by atoms with van der Waals surface area (Å²) in [6.07, 6.45) is -0.356. The second kappa shape index (κ2) is 4.94. The number of anilines is 1. The molecule has 1 aliphatic heterocycles. The first-order valence-electron chi connectivity index (χ1n) is 5.52. The SMILES string of the molecule is CCOC(=O)[C@@H]1C[C@H](O)c2ccc(Cl)cc2N1. The van der Waals surface area contributed by atoms with Crippen molar-refractivity contribution in [2.24, 2.45) is 0 Å². The molecule has 1 aliphatic rings. The van der Waals surface area contributed by atoms with Crippen molar-refractivity contribution < 1.29 is 14.6 Å². The summed E-state index contributed by atoms with van der Waals surface area (Å²) in [5, 5.41) is 13.5. The van der Waals surface area contributed by atoms with Gasteiger partial charge in [-0.05, 0) is 19.1 Å². The van der Waals surface area contributed by atoms with E-state index in [1.54, 1.807) is 25.1 Å². The van der Waals surface area contributed by atoms with Crippen LogP contribution in [0.25, 0.3) is 0 Å². The van der Waals surface area contributed by atoms with Crippen molar-refractivity contribution in [3.63, 3.8) is 0 Å². The molecule has 0 amide bonds. The number of esters is 1. The van der Waals surface area contributed by atoms with Crippen LogP contribution in [0.1, 0.15) is 25.0 Å². The first kappa shape index (κ1) is 12.2. The molecule has 2 rings (SSSR count). The summed E-state index contributed by atoms with van der Waals surface area (Å²) in [7, 11) is 0. The summed E-state index contributed by atoms with van der Waals surface area (Å²) in [5.74, 6) is -0.350. The maximum absolute atomic E-state index is 11.6. The third-order valence-electron chi connectivity index (χ3n) is 2.73. The minimum atomic E-state index is -0.669. The number of benzene rings is 1. The third-order valence-corrected chi connectivity index (χ3v) is 2.97. The van der Waals surface area contributed by atoms with Crippen LogP contribution in [-0.4, -0.2) is 23.7 Å². The minimum Gasteiger partial charge on any atom is -0.464 e. The number of rotatable bonds is 2. The Hall–Kier alpha value is -1.26. The Balaban J connectivity index is 2.22. The van der Waals surface area contributed by atoms with Gasteiger partial charge in [0.05, 0.1) is 12.7 Å². The van der Waals surface area contributed by atoms with Crippen molar-refractivity contribution in [1.82, 2.24) is 0 Å². The number of aliphatic hydroxyl groups is 1. The predicted molar refractivity (Wildman–Crippen MR) is 65.1 cm³/mol. The predicted octanol–water partition coefficient (Wildman–Crippen LogP) is 2.12. The molecule has 0 radical (unpaired) electrons. The highest BCUT2D eigenvalue weighted by atomic mass is 35.5. The molecule has 2 atom stereocenters. The number of hydrogen-bond acceptors (Lipinski definition) is 4. The quantitative estimate of drug-likeness (QED) is 0.795. The fourth-order valence-electron chi connectivity index (χ4n) is 1.94. The second-order valence-corrected chi connectivity index (χ2v) is 4.37. The molecule has 17 heavy (non-hydrogen) atoms.